The van der Waals surface area contributed by atoms with E-state index >= 15 is 0 Å². The van der Waals surface area contributed by atoms with Gasteiger partial charge in [-0.3, -0.25) is 0 Å². The molecule has 0 saturated heterocycles. The quantitative estimate of drug-likeness (QED) is 0.939. The summed E-state index contributed by atoms with van der Waals surface area (Å²) < 4.78 is 18.9. The van der Waals surface area contributed by atoms with E-state index in [0.717, 1.165) is 17.8 Å². The lowest BCUT2D eigenvalue weighted by Crippen LogP contribution is -2.15. The molecule has 1 saturated carbocycles. The van der Waals surface area contributed by atoms with E-state index in [9.17, 15) is 4.39 Å². The minimum atomic E-state index is -0.291. The van der Waals surface area contributed by atoms with Crippen LogP contribution in [0.25, 0.3) is 11.5 Å². The van der Waals surface area contributed by atoms with Gasteiger partial charge in [-0.15, -0.1) is 0 Å². The third kappa shape index (κ3) is 2.62. The zero-order chi connectivity index (χ0) is 12.5. The van der Waals surface area contributed by atoms with Gasteiger partial charge in [0.25, 0.3) is 0 Å². The van der Waals surface area contributed by atoms with Crippen molar-refractivity contribution in [3.05, 3.63) is 40.4 Å². The molecule has 2 aromatic rings. The SMILES string of the molecule is Fc1ccc(-c2nc(CNC3CC3)co2)cc1Br. The average molecular weight is 311 g/mol. The molecular formula is C13H12BrFN2O. The molecule has 18 heavy (non-hydrogen) atoms. The molecule has 0 aliphatic heterocycles. The third-order valence-electron chi connectivity index (χ3n) is 2.87. The van der Waals surface area contributed by atoms with Crippen LogP contribution >= 0.6 is 15.9 Å². The summed E-state index contributed by atoms with van der Waals surface area (Å²) in [5.41, 5.74) is 1.64. The lowest BCUT2D eigenvalue weighted by Gasteiger charge is -1.98. The molecule has 1 N–H and O–H groups in total. The van der Waals surface area contributed by atoms with Gasteiger partial charge in [-0.25, -0.2) is 9.37 Å². The van der Waals surface area contributed by atoms with Gasteiger partial charge in [0.2, 0.25) is 5.89 Å². The Balaban J connectivity index is 1.76. The van der Waals surface area contributed by atoms with Crippen molar-refractivity contribution in [1.82, 2.24) is 10.3 Å². The maximum atomic E-state index is 13.1. The van der Waals surface area contributed by atoms with Gasteiger partial charge in [0.15, 0.2) is 0 Å². The minimum Gasteiger partial charge on any atom is -0.444 e. The van der Waals surface area contributed by atoms with Gasteiger partial charge in [-0.05, 0) is 47.0 Å². The van der Waals surface area contributed by atoms with Gasteiger partial charge >= 0.3 is 0 Å². The summed E-state index contributed by atoms with van der Waals surface area (Å²) in [4.78, 5) is 4.38. The van der Waals surface area contributed by atoms with E-state index in [-0.39, 0.29) is 5.82 Å². The highest BCUT2D eigenvalue weighted by atomic mass is 79.9. The molecule has 1 aliphatic carbocycles. The first-order valence-corrected chi connectivity index (χ1v) is 6.65. The molecule has 1 heterocycles. The highest BCUT2D eigenvalue weighted by Gasteiger charge is 2.20. The molecule has 1 fully saturated rings. The van der Waals surface area contributed by atoms with Crippen molar-refractivity contribution in [1.29, 1.82) is 0 Å². The number of hydrogen-bond donors (Lipinski definition) is 1. The number of halogens is 2. The van der Waals surface area contributed by atoms with Crippen LogP contribution in [-0.4, -0.2) is 11.0 Å². The van der Waals surface area contributed by atoms with Gasteiger partial charge in [0.1, 0.15) is 12.1 Å². The molecular weight excluding hydrogens is 299 g/mol. The molecule has 1 aliphatic rings. The summed E-state index contributed by atoms with van der Waals surface area (Å²) >= 11 is 3.15. The molecule has 1 aromatic carbocycles. The molecule has 1 aromatic heterocycles. The molecule has 94 valence electrons. The van der Waals surface area contributed by atoms with E-state index in [1.807, 2.05) is 0 Å². The predicted octanol–water partition coefficient (Wildman–Crippen LogP) is 3.50. The zero-order valence-corrected chi connectivity index (χ0v) is 11.2. The fourth-order valence-corrected chi connectivity index (χ4v) is 2.07. The van der Waals surface area contributed by atoms with Crippen molar-refractivity contribution in [2.45, 2.75) is 25.4 Å². The molecule has 0 unspecified atom stereocenters. The number of nitrogens with zero attached hydrogens (tertiary/aromatic N) is 1. The Bertz CT molecular complexity index is 566. The number of benzene rings is 1. The van der Waals surface area contributed by atoms with Crippen LogP contribution in [0.2, 0.25) is 0 Å². The molecule has 5 heteroatoms. The Kier molecular flexibility index (Phi) is 3.18. The number of rotatable bonds is 4. The summed E-state index contributed by atoms with van der Waals surface area (Å²) in [6.45, 7) is 0.719. The predicted molar refractivity (Wildman–Crippen MR) is 69.5 cm³/mol. The first-order chi connectivity index (χ1) is 8.72. The van der Waals surface area contributed by atoms with Crippen molar-refractivity contribution < 1.29 is 8.81 Å². The van der Waals surface area contributed by atoms with Crippen molar-refractivity contribution >= 4 is 15.9 Å². The summed E-state index contributed by atoms with van der Waals surface area (Å²) in [7, 11) is 0. The minimum absolute atomic E-state index is 0.291. The standard InChI is InChI=1S/C13H12BrFN2O/c14-11-5-8(1-4-12(11)15)13-17-10(7-18-13)6-16-9-2-3-9/h1,4-5,7,9,16H,2-3,6H2. The number of hydrogen-bond acceptors (Lipinski definition) is 3. The maximum Gasteiger partial charge on any atom is 0.226 e. The summed E-state index contributed by atoms with van der Waals surface area (Å²) in [5.74, 6) is 0.226. The van der Waals surface area contributed by atoms with Crippen LogP contribution in [-0.2, 0) is 6.54 Å². The van der Waals surface area contributed by atoms with Crippen LogP contribution in [0.3, 0.4) is 0 Å². The van der Waals surface area contributed by atoms with Crippen LogP contribution in [0.5, 0.6) is 0 Å². The largest absolute Gasteiger partial charge is 0.444 e. The second-order valence-electron chi connectivity index (χ2n) is 4.43. The molecule has 0 spiro atoms. The highest BCUT2D eigenvalue weighted by molar-refractivity contribution is 9.10. The second-order valence-corrected chi connectivity index (χ2v) is 5.28. The van der Waals surface area contributed by atoms with E-state index < -0.39 is 0 Å². The number of nitrogens with one attached hydrogen (secondary N) is 1. The van der Waals surface area contributed by atoms with Gasteiger partial charge < -0.3 is 9.73 Å². The van der Waals surface area contributed by atoms with Crippen molar-refractivity contribution in [3.63, 3.8) is 0 Å². The normalized spacial score (nSPS) is 15.0. The van der Waals surface area contributed by atoms with Crippen molar-refractivity contribution in [2.24, 2.45) is 0 Å². The Morgan fingerprint density at radius 3 is 3.00 bits per heavy atom. The zero-order valence-electron chi connectivity index (χ0n) is 9.62. The molecule has 0 radical (unpaired) electrons. The number of oxazole rings is 1. The average Bonchev–Trinajstić information content (AvgIpc) is 3.08. The van der Waals surface area contributed by atoms with Gasteiger partial charge in [-0.1, -0.05) is 0 Å². The van der Waals surface area contributed by atoms with Crippen molar-refractivity contribution in [3.8, 4) is 11.5 Å². The van der Waals surface area contributed by atoms with E-state index in [1.165, 1.54) is 18.9 Å². The van der Waals surface area contributed by atoms with Crippen LogP contribution in [0, 0.1) is 5.82 Å². The van der Waals surface area contributed by atoms with Gasteiger partial charge in [0, 0.05) is 18.2 Å². The lowest BCUT2D eigenvalue weighted by molar-refractivity contribution is 0.569. The Morgan fingerprint density at radius 1 is 1.44 bits per heavy atom. The monoisotopic (exact) mass is 310 g/mol. The van der Waals surface area contributed by atoms with Crippen LogP contribution in [0.1, 0.15) is 18.5 Å². The molecule has 0 atom stereocenters. The Hall–Kier alpha value is -1.20. The Morgan fingerprint density at radius 2 is 2.28 bits per heavy atom. The lowest BCUT2D eigenvalue weighted by atomic mass is 10.2. The molecule has 0 bridgehead atoms. The summed E-state index contributed by atoms with van der Waals surface area (Å²) in [6.07, 6.45) is 4.13. The first-order valence-electron chi connectivity index (χ1n) is 5.85. The van der Waals surface area contributed by atoms with E-state index in [0.29, 0.717) is 16.4 Å². The summed E-state index contributed by atoms with van der Waals surface area (Å²) in [5, 5.41) is 3.37. The van der Waals surface area contributed by atoms with Gasteiger partial charge in [-0.2, -0.15) is 0 Å². The molecule has 0 amide bonds. The number of aromatic nitrogens is 1. The van der Waals surface area contributed by atoms with Crippen LogP contribution < -0.4 is 5.32 Å². The molecule has 3 nitrogen and oxygen atoms in total. The Labute approximate surface area is 113 Å². The first kappa shape index (κ1) is 11.9. The smallest absolute Gasteiger partial charge is 0.226 e. The van der Waals surface area contributed by atoms with E-state index in [4.69, 9.17) is 4.42 Å². The van der Waals surface area contributed by atoms with E-state index in [2.05, 4.69) is 26.2 Å². The second kappa shape index (κ2) is 4.82. The van der Waals surface area contributed by atoms with Crippen molar-refractivity contribution in [2.75, 3.05) is 0 Å². The topological polar surface area (TPSA) is 38.1 Å². The highest BCUT2D eigenvalue weighted by Crippen LogP contribution is 2.25. The van der Waals surface area contributed by atoms with Crippen LogP contribution in [0.15, 0.2) is 33.4 Å². The third-order valence-corrected chi connectivity index (χ3v) is 3.48. The molecule has 3 rings (SSSR count). The van der Waals surface area contributed by atoms with E-state index in [1.54, 1.807) is 18.4 Å². The maximum absolute atomic E-state index is 13.1. The van der Waals surface area contributed by atoms with Gasteiger partial charge in [0.05, 0.1) is 10.2 Å². The van der Waals surface area contributed by atoms with Crippen LogP contribution in [0.4, 0.5) is 4.39 Å². The fourth-order valence-electron chi connectivity index (χ4n) is 1.69. The summed E-state index contributed by atoms with van der Waals surface area (Å²) in [6, 6.07) is 5.36. The fraction of sp³-hybridized carbons (Fsp3) is 0.308.